The quantitative estimate of drug-likeness (QED) is 0.446. The zero-order valence-electron chi connectivity index (χ0n) is 21.9. The molecule has 3 heterocycles. The smallest absolute Gasteiger partial charge is 0.243 e. The van der Waals surface area contributed by atoms with E-state index in [0.717, 1.165) is 22.4 Å². The molecule has 2 aliphatic rings. The van der Waals surface area contributed by atoms with Crippen LogP contribution in [0.2, 0.25) is 0 Å². The van der Waals surface area contributed by atoms with Crippen molar-refractivity contribution < 1.29 is 18.0 Å². The Hall–Kier alpha value is -3.76. The highest BCUT2D eigenvalue weighted by Crippen LogP contribution is 2.32. The van der Waals surface area contributed by atoms with Crippen molar-refractivity contribution in [3.63, 3.8) is 0 Å². The van der Waals surface area contributed by atoms with Crippen LogP contribution in [-0.4, -0.2) is 65.3 Å². The SMILES string of the molecule is Cc1nc(N)ccc1CNC(=O)[C@@H]1CC[C@H]2CN(S(=O)(=O)CC(c3ccccc3)c3ccccc3)CC(=O)N21. The van der Waals surface area contributed by atoms with Crippen LogP contribution in [0.4, 0.5) is 5.82 Å². The standard InChI is InChI=1S/C29H33N5O4S/c1-20-23(12-15-27(30)32-20)16-31-29(36)26-14-13-24-17-33(18-28(35)34(24)26)39(37,38)19-25(21-8-4-2-5-9-21)22-10-6-3-7-11-22/h2-12,15,24-26H,13-14,16-19H2,1H3,(H2,30,32)(H,31,36)/t24-,26-/m0/s1. The molecule has 0 saturated carbocycles. The van der Waals surface area contributed by atoms with Crippen LogP contribution in [-0.2, 0) is 26.2 Å². The summed E-state index contributed by atoms with van der Waals surface area (Å²) in [7, 11) is -3.77. The number of pyridine rings is 1. The largest absolute Gasteiger partial charge is 0.384 e. The van der Waals surface area contributed by atoms with Gasteiger partial charge in [0.05, 0.1) is 12.3 Å². The van der Waals surface area contributed by atoms with Crippen molar-refractivity contribution in [2.24, 2.45) is 0 Å². The molecule has 3 N–H and O–H groups in total. The summed E-state index contributed by atoms with van der Waals surface area (Å²) >= 11 is 0. The number of amides is 2. The van der Waals surface area contributed by atoms with Crippen molar-refractivity contribution >= 4 is 27.7 Å². The second-order valence-electron chi connectivity index (χ2n) is 10.2. The number of hydrogen-bond donors (Lipinski definition) is 2. The number of hydrogen-bond acceptors (Lipinski definition) is 6. The number of anilines is 1. The van der Waals surface area contributed by atoms with Crippen molar-refractivity contribution in [2.45, 2.75) is 44.3 Å². The Kier molecular flexibility index (Phi) is 7.67. The number of sulfonamides is 1. The average molecular weight is 548 g/mol. The van der Waals surface area contributed by atoms with E-state index in [-0.39, 0.29) is 49.2 Å². The fourth-order valence-electron chi connectivity index (χ4n) is 5.61. The summed E-state index contributed by atoms with van der Waals surface area (Å²) in [5, 5.41) is 2.91. The zero-order chi connectivity index (χ0) is 27.6. The summed E-state index contributed by atoms with van der Waals surface area (Å²) < 4.78 is 28.6. The van der Waals surface area contributed by atoms with Gasteiger partial charge in [0.2, 0.25) is 21.8 Å². The first-order valence-corrected chi connectivity index (χ1v) is 14.7. The van der Waals surface area contributed by atoms with Crippen molar-refractivity contribution in [1.29, 1.82) is 0 Å². The molecule has 2 atom stereocenters. The van der Waals surface area contributed by atoms with Crippen LogP contribution >= 0.6 is 0 Å². The topological polar surface area (TPSA) is 126 Å². The van der Waals surface area contributed by atoms with E-state index in [1.807, 2.05) is 73.7 Å². The first-order valence-electron chi connectivity index (χ1n) is 13.1. The minimum atomic E-state index is -3.77. The van der Waals surface area contributed by atoms with Crippen molar-refractivity contribution in [3.05, 3.63) is 95.2 Å². The molecule has 10 heteroatoms. The van der Waals surface area contributed by atoms with Crippen molar-refractivity contribution in [2.75, 3.05) is 24.6 Å². The lowest BCUT2D eigenvalue weighted by Gasteiger charge is -2.39. The Balaban J connectivity index is 1.27. The van der Waals surface area contributed by atoms with Gasteiger partial charge in [-0.15, -0.1) is 0 Å². The molecule has 2 amide bonds. The Morgan fingerprint density at radius 1 is 1.03 bits per heavy atom. The van der Waals surface area contributed by atoms with Gasteiger partial charge in [-0.2, -0.15) is 4.31 Å². The third-order valence-corrected chi connectivity index (χ3v) is 9.48. The summed E-state index contributed by atoms with van der Waals surface area (Å²) in [5.41, 5.74) is 9.10. The van der Waals surface area contributed by atoms with Gasteiger partial charge in [-0.1, -0.05) is 66.7 Å². The summed E-state index contributed by atoms with van der Waals surface area (Å²) in [6.45, 7) is 2.03. The van der Waals surface area contributed by atoms with Crippen LogP contribution in [0, 0.1) is 6.92 Å². The highest BCUT2D eigenvalue weighted by Gasteiger charge is 2.47. The maximum atomic E-state index is 13.7. The minimum Gasteiger partial charge on any atom is -0.384 e. The maximum absolute atomic E-state index is 13.7. The lowest BCUT2D eigenvalue weighted by molar-refractivity contribution is -0.143. The Morgan fingerprint density at radius 3 is 2.28 bits per heavy atom. The number of aryl methyl sites for hydroxylation is 1. The fourth-order valence-corrected chi connectivity index (χ4v) is 7.33. The molecule has 9 nitrogen and oxygen atoms in total. The number of nitrogens with zero attached hydrogens (tertiary/aromatic N) is 3. The molecular formula is C29H33N5O4S. The zero-order valence-corrected chi connectivity index (χ0v) is 22.7. The molecule has 39 heavy (non-hydrogen) atoms. The first kappa shape index (κ1) is 26.8. The monoisotopic (exact) mass is 547 g/mol. The molecule has 1 aromatic heterocycles. The Labute approximate surface area is 229 Å². The lowest BCUT2D eigenvalue weighted by atomic mass is 9.93. The third kappa shape index (κ3) is 5.81. The molecule has 3 aromatic rings. The van der Waals surface area contributed by atoms with Crippen LogP contribution < -0.4 is 11.1 Å². The van der Waals surface area contributed by atoms with E-state index in [1.165, 1.54) is 4.31 Å². The number of fused-ring (bicyclic) bond motifs is 1. The minimum absolute atomic E-state index is 0.139. The van der Waals surface area contributed by atoms with E-state index in [9.17, 15) is 18.0 Å². The van der Waals surface area contributed by atoms with Crippen molar-refractivity contribution in [3.8, 4) is 0 Å². The number of rotatable bonds is 8. The van der Waals surface area contributed by atoms with E-state index in [0.29, 0.717) is 18.7 Å². The second kappa shape index (κ2) is 11.2. The number of nitrogen functional groups attached to an aromatic ring is 1. The average Bonchev–Trinajstić information content (AvgIpc) is 3.37. The number of nitrogens with two attached hydrogens (primary N) is 1. The number of nitrogens with one attached hydrogen (secondary N) is 1. The Bertz CT molecular complexity index is 1410. The normalized spacial score (nSPS) is 19.7. The lowest BCUT2D eigenvalue weighted by Crippen LogP contribution is -2.60. The van der Waals surface area contributed by atoms with Gasteiger partial charge in [0.15, 0.2) is 0 Å². The molecule has 0 aliphatic carbocycles. The third-order valence-electron chi connectivity index (χ3n) is 7.66. The number of piperazine rings is 1. The molecule has 0 bridgehead atoms. The summed E-state index contributed by atoms with van der Waals surface area (Å²) in [6.07, 6.45) is 1.06. The molecule has 2 saturated heterocycles. The molecule has 2 aromatic carbocycles. The number of benzene rings is 2. The molecule has 0 unspecified atom stereocenters. The predicted octanol–water partition coefficient (Wildman–Crippen LogP) is 2.43. The van der Waals surface area contributed by atoms with E-state index < -0.39 is 16.1 Å². The predicted molar refractivity (Wildman–Crippen MR) is 149 cm³/mol. The van der Waals surface area contributed by atoms with Crippen LogP contribution in [0.25, 0.3) is 0 Å². The molecule has 2 fully saturated rings. The second-order valence-corrected chi connectivity index (χ2v) is 12.2. The van der Waals surface area contributed by atoms with Gasteiger partial charge >= 0.3 is 0 Å². The highest BCUT2D eigenvalue weighted by molar-refractivity contribution is 7.89. The number of carbonyl (C=O) groups excluding carboxylic acids is 2. The molecule has 0 spiro atoms. The van der Waals surface area contributed by atoms with Crippen LogP contribution in [0.3, 0.4) is 0 Å². The summed E-state index contributed by atoms with van der Waals surface area (Å²) in [5.74, 6) is -0.669. The fraction of sp³-hybridized carbons (Fsp3) is 0.345. The van der Waals surface area contributed by atoms with E-state index in [1.54, 1.807) is 11.0 Å². The van der Waals surface area contributed by atoms with E-state index in [2.05, 4.69) is 10.3 Å². The molecule has 5 rings (SSSR count). The Morgan fingerprint density at radius 2 is 1.67 bits per heavy atom. The van der Waals surface area contributed by atoms with Crippen LogP contribution in [0.1, 0.15) is 41.1 Å². The summed E-state index contributed by atoms with van der Waals surface area (Å²) in [6, 6.07) is 21.7. The van der Waals surface area contributed by atoms with Gasteiger partial charge < -0.3 is 16.0 Å². The molecular weight excluding hydrogens is 514 g/mol. The summed E-state index contributed by atoms with van der Waals surface area (Å²) in [4.78, 5) is 32.1. The van der Waals surface area contributed by atoms with Gasteiger partial charge in [0.1, 0.15) is 11.9 Å². The maximum Gasteiger partial charge on any atom is 0.243 e. The highest BCUT2D eigenvalue weighted by atomic mass is 32.2. The molecule has 204 valence electrons. The number of aromatic nitrogens is 1. The molecule has 2 aliphatic heterocycles. The van der Waals surface area contributed by atoms with Crippen LogP contribution in [0.15, 0.2) is 72.8 Å². The van der Waals surface area contributed by atoms with Gasteiger partial charge in [0, 0.05) is 30.7 Å². The van der Waals surface area contributed by atoms with Gasteiger partial charge in [0.25, 0.3) is 0 Å². The van der Waals surface area contributed by atoms with Gasteiger partial charge in [-0.25, -0.2) is 13.4 Å². The van der Waals surface area contributed by atoms with Crippen LogP contribution in [0.5, 0.6) is 0 Å². The number of carbonyl (C=O) groups is 2. The van der Waals surface area contributed by atoms with Crippen molar-refractivity contribution in [1.82, 2.24) is 19.5 Å². The van der Waals surface area contributed by atoms with E-state index >= 15 is 0 Å². The van der Waals surface area contributed by atoms with Gasteiger partial charge in [-0.3, -0.25) is 9.59 Å². The van der Waals surface area contributed by atoms with Gasteiger partial charge in [-0.05, 0) is 42.5 Å². The first-order chi connectivity index (χ1) is 18.7. The van der Waals surface area contributed by atoms with E-state index in [4.69, 9.17) is 5.73 Å². The molecule has 0 radical (unpaired) electrons.